The summed E-state index contributed by atoms with van der Waals surface area (Å²) in [5, 5.41) is 4.57. The maximum absolute atomic E-state index is 4.93. The van der Waals surface area contributed by atoms with Gasteiger partial charge in [0.25, 0.3) is 0 Å². The Labute approximate surface area is 132 Å². The molecule has 1 heterocycles. The lowest BCUT2D eigenvalue weighted by Gasteiger charge is -2.18. The zero-order valence-corrected chi connectivity index (χ0v) is 14.0. The minimum Gasteiger partial charge on any atom is -0.348 e. The second-order valence-electron chi connectivity index (χ2n) is 4.99. The first-order valence-corrected chi connectivity index (χ1v) is 8.62. The topological polar surface area (TPSA) is 28.2 Å². The first-order valence-electron chi connectivity index (χ1n) is 7.80. The molecule has 0 unspecified atom stereocenters. The summed E-state index contributed by atoms with van der Waals surface area (Å²) < 4.78 is 0. The van der Waals surface area contributed by atoms with E-state index in [1.54, 1.807) is 0 Å². The Morgan fingerprint density at radius 2 is 1.90 bits per heavy atom. The van der Waals surface area contributed by atoms with Gasteiger partial charge in [-0.3, -0.25) is 0 Å². The number of hydrogen-bond donors (Lipinski definition) is 1. The molecule has 3 nitrogen and oxygen atoms in total. The van der Waals surface area contributed by atoms with Crippen molar-refractivity contribution in [2.24, 2.45) is 0 Å². The molecule has 0 saturated carbocycles. The van der Waals surface area contributed by atoms with Crippen molar-refractivity contribution in [3.8, 4) is 11.3 Å². The van der Waals surface area contributed by atoms with Crippen LogP contribution in [0.3, 0.4) is 0 Å². The molecule has 1 aromatic heterocycles. The van der Waals surface area contributed by atoms with Crippen molar-refractivity contribution in [2.75, 3.05) is 24.5 Å². The van der Waals surface area contributed by atoms with Crippen molar-refractivity contribution in [2.45, 2.75) is 33.7 Å². The minimum absolute atomic E-state index is 0.891. The van der Waals surface area contributed by atoms with E-state index in [1.807, 2.05) is 11.3 Å². The highest BCUT2D eigenvalue weighted by Crippen LogP contribution is 2.33. The summed E-state index contributed by atoms with van der Waals surface area (Å²) in [5.41, 5.74) is 2.34. The molecule has 0 saturated heterocycles. The van der Waals surface area contributed by atoms with E-state index >= 15 is 0 Å². The van der Waals surface area contributed by atoms with Crippen LogP contribution in [0.5, 0.6) is 0 Å². The fraction of sp³-hybridized carbons (Fsp3) is 0.471. The summed E-state index contributed by atoms with van der Waals surface area (Å²) in [6.07, 6.45) is 1.15. The van der Waals surface area contributed by atoms with Crippen LogP contribution in [-0.4, -0.2) is 24.6 Å². The molecule has 2 rings (SSSR count). The largest absolute Gasteiger partial charge is 0.348 e. The Morgan fingerprint density at radius 1 is 1.14 bits per heavy atom. The molecule has 1 aromatic carbocycles. The van der Waals surface area contributed by atoms with Crippen LogP contribution in [0.4, 0.5) is 5.13 Å². The third-order valence-electron chi connectivity index (χ3n) is 3.41. The number of benzene rings is 1. The molecule has 0 aliphatic rings. The third kappa shape index (κ3) is 4.05. The lowest BCUT2D eigenvalue weighted by atomic mass is 10.1. The molecule has 0 amide bonds. The van der Waals surface area contributed by atoms with Gasteiger partial charge in [0.15, 0.2) is 5.13 Å². The van der Waals surface area contributed by atoms with Gasteiger partial charge in [-0.25, -0.2) is 4.98 Å². The fourth-order valence-corrected chi connectivity index (χ4v) is 3.45. The predicted molar refractivity (Wildman–Crippen MR) is 93.1 cm³/mol. The van der Waals surface area contributed by atoms with Crippen LogP contribution >= 0.6 is 11.3 Å². The summed E-state index contributed by atoms with van der Waals surface area (Å²) in [6.45, 7) is 10.5. The molecule has 2 aromatic rings. The van der Waals surface area contributed by atoms with Crippen LogP contribution < -0.4 is 10.2 Å². The van der Waals surface area contributed by atoms with Gasteiger partial charge in [0, 0.05) is 30.1 Å². The van der Waals surface area contributed by atoms with E-state index in [9.17, 15) is 0 Å². The molecule has 0 spiro atoms. The summed E-state index contributed by atoms with van der Waals surface area (Å²) in [5.74, 6) is 0. The molecular formula is C17H25N3S. The van der Waals surface area contributed by atoms with Gasteiger partial charge in [0.05, 0.1) is 5.69 Å². The van der Waals surface area contributed by atoms with Crippen LogP contribution in [0.2, 0.25) is 0 Å². The van der Waals surface area contributed by atoms with Gasteiger partial charge in [0.1, 0.15) is 0 Å². The molecule has 0 fully saturated rings. The average Bonchev–Trinajstić information content (AvgIpc) is 2.95. The molecule has 4 heteroatoms. The fourth-order valence-electron chi connectivity index (χ4n) is 2.31. The minimum atomic E-state index is 0.891. The zero-order chi connectivity index (χ0) is 15.1. The van der Waals surface area contributed by atoms with Crippen molar-refractivity contribution in [1.29, 1.82) is 0 Å². The first-order chi connectivity index (χ1) is 10.3. The normalized spacial score (nSPS) is 10.8. The molecule has 0 aliphatic heterocycles. The second-order valence-corrected chi connectivity index (χ2v) is 6.06. The van der Waals surface area contributed by atoms with Crippen molar-refractivity contribution in [3.05, 3.63) is 35.2 Å². The smallest absolute Gasteiger partial charge is 0.186 e. The Balaban J connectivity index is 2.35. The molecule has 114 valence electrons. The van der Waals surface area contributed by atoms with E-state index in [0.29, 0.717) is 0 Å². The molecule has 21 heavy (non-hydrogen) atoms. The maximum Gasteiger partial charge on any atom is 0.186 e. The van der Waals surface area contributed by atoms with Gasteiger partial charge in [-0.05, 0) is 19.9 Å². The highest BCUT2D eigenvalue weighted by atomic mass is 32.1. The Hall–Kier alpha value is -1.39. The van der Waals surface area contributed by atoms with E-state index in [-0.39, 0.29) is 0 Å². The van der Waals surface area contributed by atoms with Crippen LogP contribution in [0.15, 0.2) is 30.3 Å². The number of nitrogens with zero attached hydrogens (tertiary/aromatic N) is 2. The monoisotopic (exact) mass is 303 g/mol. The van der Waals surface area contributed by atoms with Crippen molar-refractivity contribution >= 4 is 16.5 Å². The van der Waals surface area contributed by atoms with Crippen LogP contribution in [-0.2, 0) is 6.54 Å². The first kappa shape index (κ1) is 16.0. The summed E-state index contributed by atoms with van der Waals surface area (Å²) >= 11 is 1.82. The van der Waals surface area contributed by atoms with E-state index in [2.05, 4.69) is 61.3 Å². The zero-order valence-electron chi connectivity index (χ0n) is 13.2. The van der Waals surface area contributed by atoms with Crippen LogP contribution in [0.1, 0.15) is 32.1 Å². The number of aromatic nitrogens is 1. The molecule has 0 radical (unpaired) electrons. The van der Waals surface area contributed by atoms with Crippen molar-refractivity contribution in [3.63, 3.8) is 0 Å². The van der Waals surface area contributed by atoms with Crippen molar-refractivity contribution in [1.82, 2.24) is 10.3 Å². The number of thiazole rings is 1. The van der Waals surface area contributed by atoms with E-state index in [1.165, 1.54) is 10.4 Å². The summed E-state index contributed by atoms with van der Waals surface area (Å²) in [6, 6.07) is 10.5. The summed E-state index contributed by atoms with van der Waals surface area (Å²) in [7, 11) is 0. The Kier molecular flexibility index (Phi) is 6.21. The highest BCUT2D eigenvalue weighted by Gasteiger charge is 2.16. The standard InChI is InChI=1S/C17H25N3S/c1-4-12-20(6-3)17-19-16(14-10-8-7-9-11-14)15(21-17)13-18-5-2/h7-11,18H,4-6,12-13H2,1-3H3. The Bertz CT molecular complexity index is 536. The van der Waals surface area contributed by atoms with E-state index in [4.69, 9.17) is 4.98 Å². The van der Waals surface area contributed by atoms with Gasteiger partial charge in [-0.2, -0.15) is 0 Å². The quantitative estimate of drug-likeness (QED) is 0.794. The van der Waals surface area contributed by atoms with Crippen LogP contribution in [0.25, 0.3) is 11.3 Å². The maximum atomic E-state index is 4.93. The number of nitrogens with one attached hydrogen (secondary N) is 1. The molecule has 0 atom stereocenters. The van der Waals surface area contributed by atoms with Gasteiger partial charge in [0.2, 0.25) is 0 Å². The van der Waals surface area contributed by atoms with Crippen LogP contribution in [0, 0.1) is 0 Å². The second kappa shape index (κ2) is 8.15. The van der Waals surface area contributed by atoms with Crippen molar-refractivity contribution < 1.29 is 0 Å². The highest BCUT2D eigenvalue weighted by molar-refractivity contribution is 7.16. The predicted octanol–water partition coefficient (Wildman–Crippen LogP) is 4.16. The van der Waals surface area contributed by atoms with E-state index < -0.39 is 0 Å². The van der Waals surface area contributed by atoms with Gasteiger partial charge < -0.3 is 10.2 Å². The third-order valence-corrected chi connectivity index (χ3v) is 4.53. The molecular weight excluding hydrogens is 278 g/mol. The molecule has 0 bridgehead atoms. The lowest BCUT2D eigenvalue weighted by Crippen LogP contribution is -2.23. The van der Waals surface area contributed by atoms with Gasteiger partial charge in [-0.1, -0.05) is 55.5 Å². The average molecular weight is 303 g/mol. The Morgan fingerprint density at radius 3 is 2.52 bits per heavy atom. The molecule has 1 N–H and O–H groups in total. The summed E-state index contributed by atoms with van der Waals surface area (Å²) in [4.78, 5) is 8.62. The van der Waals surface area contributed by atoms with Gasteiger partial charge >= 0.3 is 0 Å². The molecule has 0 aliphatic carbocycles. The van der Waals surface area contributed by atoms with Gasteiger partial charge in [-0.15, -0.1) is 0 Å². The van der Waals surface area contributed by atoms with E-state index in [0.717, 1.165) is 43.4 Å². The lowest BCUT2D eigenvalue weighted by molar-refractivity contribution is 0.735. The SMILES string of the molecule is CCCN(CC)c1nc(-c2ccccc2)c(CNCC)s1. The number of hydrogen-bond acceptors (Lipinski definition) is 4. The number of anilines is 1. The number of rotatable bonds is 8.